The summed E-state index contributed by atoms with van der Waals surface area (Å²) >= 11 is 0. The zero-order valence-electron chi connectivity index (χ0n) is 27.7. The van der Waals surface area contributed by atoms with Crippen molar-refractivity contribution in [1.29, 1.82) is 0 Å². The Bertz CT molecular complexity index is 2350. The highest BCUT2D eigenvalue weighted by Gasteiger charge is 2.51. The Kier molecular flexibility index (Phi) is 8.38. The SMILES string of the molecule is C[C@@H]1OC2COC(=O)c3cc(O)c(O)c(O)c3-c3c(cc(O)c(O)c3O)CO[C@H]2[C@@H]2OC(=O)c3cc(O)c(O)c(O)c3-c3c(cc(O)c(O)c3O)C(=O)OC12. The maximum Gasteiger partial charge on any atom is 0.339 e. The molecule has 3 aliphatic heterocycles. The molecule has 7 rings (SSSR count). The lowest BCUT2D eigenvalue weighted by atomic mass is 9.90. The first kappa shape index (κ1) is 36.2. The summed E-state index contributed by atoms with van der Waals surface area (Å²) in [7, 11) is 0. The third kappa shape index (κ3) is 5.49. The van der Waals surface area contributed by atoms with Crippen molar-refractivity contribution in [2.45, 2.75) is 44.1 Å². The van der Waals surface area contributed by atoms with Crippen molar-refractivity contribution in [1.82, 2.24) is 0 Å². The van der Waals surface area contributed by atoms with Crippen LogP contribution in [0.4, 0.5) is 0 Å². The molecule has 12 N–H and O–H groups in total. The lowest BCUT2D eigenvalue weighted by Gasteiger charge is -2.44. The lowest BCUT2D eigenvalue weighted by molar-refractivity contribution is -0.239. The molecule has 5 atom stereocenters. The van der Waals surface area contributed by atoms with Crippen LogP contribution >= 0.6 is 0 Å². The number of hydrogen-bond acceptors (Lipinski definition) is 20. The van der Waals surface area contributed by atoms with Gasteiger partial charge in [-0.3, -0.25) is 0 Å². The number of cyclic esters (lactones) is 1. The number of phenolic OH excluding ortho intramolecular Hbond substituents is 12. The van der Waals surface area contributed by atoms with Gasteiger partial charge in [-0.25, -0.2) is 14.4 Å². The van der Waals surface area contributed by atoms with Gasteiger partial charge in [0.25, 0.3) is 0 Å². The van der Waals surface area contributed by atoms with Crippen LogP contribution in [0.2, 0.25) is 0 Å². The number of fused-ring (bicyclic) bond motifs is 9. The molecule has 4 aromatic carbocycles. The van der Waals surface area contributed by atoms with Gasteiger partial charge in [-0.15, -0.1) is 0 Å². The van der Waals surface area contributed by atoms with E-state index in [0.717, 1.165) is 6.07 Å². The van der Waals surface area contributed by atoms with Crippen molar-refractivity contribution in [2.75, 3.05) is 6.61 Å². The Balaban J connectivity index is 1.41. The van der Waals surface area contributed by atoms with Crippen LogP contribution in [0.1, 0.15) is 43.6 Å². The summed E-state index contributed by atoms with van der Waals surface area (Å²) in [5, 5.41) is 127. The average Bonchev–Trinajstić information content (AvgIpc) is 3.16. The van der Waals surface area contributed by atoms with Crippen molar-refractivity contribution in [3.05, 3.63) is 46.5 Å². The number of carbonyl (C=O) groups is 3. The van der Waals surface area contributed by atoms with E-state index in [4.69, 9.17) is 23.7 Å². The van der Waals surface area contributed by atoms with E-state index in [1.807, 2.05) is 0 Å². The topological polar surface area (TPSA) is 340 Å². The second kappa shape index (κ2) is 12.7. The summed E-state index contributed by atoms with van der Waals surface area (Å²) in [6, 6.07) is 2.76. The van der Waals surface area contributed by atoms with Crippen molar-refractivity contribution in [2.24, 2.45) is 0 Å². The van der Waals surface area contributed by atoms with Gasteiger partial charge in [-0.05, 0) is 36.8 Å². The quantitative estimate of drug-likeness (QED) is 0.0692. The molecule has 3 heterocycles. The van der Waals surface area contributed by atoms with Crippen LogP contribution in [-0.2, 0) is 30.3 Å². The summed E-state index contributed by atoms with van der Waals surface area (Å²) in [6.07, 6.45) is -7.88. The van der Waals surface area contributed by atoms with Gasteiger partial charge in [0, 0.05) is 22.3 Å². The Morgan fingerprint density at radius 2 is 0.891 bits per heavy atom. The highest BCUT2D eigenvalue weighted by atomic mass is 16.6. The molecule has 0 radical (unpaired) electrons. The predicted molar refractivity (Wildman–Crippen MR) is 175 cm³/mol. The standard InChI is InChI=1S/C35H28O20/c1-8-30-32(55-35(50)12-5-16(39)25(43)29(47)21(12)20-11(34(49)54-30)4-15(38)24(42)28(20)46)31-17(53-8)7-52-33(48)10-3-14(37)23(41)27(45)19(10)18-9(6-51-31)2-13(36)22(40)26(18)44/h2-5,8,17,30-32,36-47H,6-7H2,1H3/t8-,17?,30?,31+,32+/m0/s1. The molecule has 3 aliphatic rings. The first-order valence-electron chi connectivity index (χ1n) is 15.9. The number of esters is 3. The third-order valence-electron chi connectivity index (χ3n) is 9.42. The monoisotopic (exact) mass is 768 g/mol. The number of aromatic hydroxyl groups is 12. The van der Waals surface area contributed by atoms with E-state index in [2.05, 4.69) is 0 Å². The first-order chi connectivity index (χ1) is 25.9. The number of benzene rings is 4. The van der Waals surface area contributed by atoms with Gasteiger partial charge in [0.1, 0.15) is 18.8 Å². The van der Waals surface area contributed by atoms with E-state index in [-0.39, 0.29) is 5.56 Å². The minimum atomic E-state index is -1.80. The highest BCUT2D eigenvalue weighted by molar-refractivity contribution is 6.08. The van der Waals surface area contributed by atoms with Gasteiger partial charge >= 0.3 is 17.9 Å². The molecule has 55 heavy (non-hydrogen) atoms. The van der Waals surface area contributed by atoms with Crippen LogP contribution in [0.3, 0.4) is 0 Å². The number of phenols is 12. The minimum absolute atomic E-state index is 0.309. The number of rotatable bonds is 0. The number of hydrogen-bond donors (Lipinski definition) is 12. The predicted octanol–water partition coefficient (Wildman–Crippen LogP) is 2.10. The van der Waals surface area contributed by atoms with Crippen LogP contribution < -0.4 is 0 Å². The zero-order valence-corrected chi connectivity index (χ0v) is 27.7. The second-order valence-corrected chi connectivity index (χ2v) is 12.7. The van der Waals surface area contributed by atoms with Crippen LogP contribution in [0.15, 0.2) is 24.3 Å². The number of ether oxygens (including phenoxy) is 5. The van der Waals surface area contributed by atoms with E-state index in [9.17, 15) is 75.7 Å². The fourth-order valence-corrected chi connectivity index (χ4v) is 6.79. The molecule has 0 amide bonds. The Hall–Kier alpha value is -7.19. The largest absolute Gasteiger partial charge is 0.504 e. The molecular formula is C35H28O20. The minimum Gasteiger partial charge on any atom is -0.504 e. The maximum absolute atomic E-state index is 14.1. The van der Waals surface area contributed by atoms with Gasteiger partial charge < -0.3 is 85.0 Å². The molecule has 0 saturated carbocycles. The molecule has 0 aliphatic carbocycles. The van der Waals surface area contributed by atoms with E-state index >= 15 is 0 Å². The highest BCUT2D eigenvalue weighted by Crippen LogP contribution is 2.55. The van der Waals surface area contributed by atoms with Crippen molar-refractivity contribution >= 4 is 17.9 Å². The zero-order chi connectivity index (χ0) is 39.9. The second-order valence-electron chi connectivity index (χ2n) is 12.7. The number of carbonyl (C=O) groups excluding carboxylic acids is 3. The van der Waals surface area contributed by atoms with Crippen LogP contribution in [0, 0.1) is 0 Å². The molecular weight excluding hydrogens is 740 g/mol. The third-order valence-corrected chi connectivity index (χ3v) is 9.42. The molecule has 4 aromatic rings. The summed E-state index contributed by atoms with van der Waals surface area (Å²) in [6.45, 7) is -0.208. The Labute approximate surface area is 305 Å². The molecule has 288 valence electrons. The fraction of sp³-hybridized carbons (Fsp3) is 0.229. The first-order valence-corrected chi connectivity index (χ1v) is 15.9. The normalized spacial score (nSPS) is 22.1. The fourth-order valence-electron chi connectivity index (χ4n) is 6.79. The average molecular weight is 769 g/mol. The molecule has 1 fully saturated rings. The van der Waals surface area contributed by atoms with Gasteiger partial charge in [-0.1, -0.05) is 0 Å². The molecule has 1 saturated heterocycles. The smallest absolute Gasteiger partial charge is 0.339 e. The molecule has 0 bridgehead atoms. The summed E-state index contributed by atoms with van der Waals surface area (Å²) in [4.78, 5) is 41.5. The van der Waals surface area contributed by atoms with E-state index in [0.29, 0.717) is 18.2 Å². The summed E-state index contributed by atoms with van der Waals surface area (Å²) in [5.74, 6) is -17.8. The maximum atomic E-state index is 14.1. The van der Waals surface area contributed by atoms with Crippen LogP contribution in [-0.4, -0.2) is 116 Å². The van der Waals surface area contributed by atoms with Gasteiger partial charge in [-0.2, -0.15) is 0 Å². The van der Waals surface area contributed by atoms with E-state index in [1.165, 1.54) is 6.92 Å². The molecule has 0 spiro atoms. The van der Waals surface area contributed by atoms with E-state index in [1.54, 1.807) is 0 Å². The molecule has 20 nitrogen and oxygen atoms in total. The van der Waals surface area contributed by atoms with Crippen molar-refractivity contribution < 1.29 is 99.3 Å². The summed E-state index contributed by atoms with van der Waals surface area (Å²) < 4.78 is 29.0. The Morgan fingerprint density at radius 3 is 1.38 bits per heavy atom. The lowest BCUT2D eigenvalue weighted by Crippen LogP contribution is -2.61. The Morgan fingerprint density at radius 1 is 0.491 bits per heavy atom. The van der Waals surface area contributed by atoms with Crippen molar-refractivity contribution in [3.63, 3.8) is 0 Å². The van der Waals surface area contributed by atoms with Gasteiger partial charge in [0.15, 0.2) is 58.2 Å². The molecule has 0 aromatic heterocycles. The van der Waals surface area contributed by atoms with Crippen LogP contribution in [0.5, 0.6) is 69.0 Å². The molecule has 20 heteroatoms. The molecule has 2 unspecified atom stereocenters. The van der Waals surface area contributed by atoms with Crippen LogP contribution in [0.25, 0.3) is 22.3 Å². The van der Waals surface area contributed by atoms with Gasteiger partial charge in [0.2, 0.25) is 23.0 Å². The van der Waals surface area contributed by atoms with Crippen molar-refractivity contribution in [3.8, 4) is 91.2 Å². The summed E-state index contributed by atoms with van der Waals surface area (Å²) in [5.41, 5.74) is -5.56. The van der Waals surface area contributed by atoms with E-state index < -0.39 is 170 Å². The van der Waals surface area contributed by atoms with Gasteiger partial charge in [0.05, 0.1) is 29.4 Å².